The number of hydrogen-bond acceptors (Lipinski definition) is 3. The third kappa shape index (κ3) is 2.91. The molecular formula is C18H21N3O. The topological polar surface area (TPSA) is 39.1 Å². The fraction of sp³-hybridized carbons (Fsp3) is 0.278. The summed E-state index contributed by atoms with van der Waals surface area (Å²) in [5, 5.41) is 3.42. The Morgan fingerprint density at radius 1 is 1.14 bits per heavy atom. The molecule has 0 radical (unpaired) electrons. The molecular weight excluding hydrogens is 274 g/mol. The molecule has 4 heteroatoms. The van der Waals surface area contributed by atoms with Crippen LogP contribution in [0.5, 0.6) is 5.75 Å². The molecule has 0 spiro atoms. The molecule has 114 valence electrons. The van der Waals surface area contributed by atoms with Crippen molar-refractivity contribution in [3.05, 3.63) is 48.5 Å². The molecule has 0 aliphatic rings. The minimum atomic E-state index is 0.834. The van der Waals surface area contributed by atoms with Crippen LogP contribution in [0.4, 0.5) is 11.6 Å². The Hall–Kier alpha value is -2.49. The van der Waals surface area contributed by atoms with Gasteiger partial charge in [0, 0.05) is 18.3 Å². The first-order valence-corrected chi connectivity index (χ1v) is 7.68. The second-order valence-corrected chi connectivity index (χ2v) is 5.29. The molecule has 2 aromatic carbocycles. The highest BCUT2D eigenvalue weighted by atomic mass is 16.5. The van der Waals surface area contributed by atoms with Crippen LogP contribution in [0.3, 0.4) is 0 Å². The van der Waals surface area contributed by atoms with Crippen molar-refractivity contribution in [2.24, 2.45) is 0 Å². The van der Waals surface area contributed by atoms with E-state index in [0.717, 1.165) is 42.3 Å². The van der Waals surface area contributed by atoms with Crippen LogP contribution in [0, 0.1) is 0 Å². The monoisotopic (exact) mass is 295 g/mol. The molecule has 0 atom stereocenters. The molecule has 0 saturated carbocycles. The molecule has 1 aromatic heterocycles. The molecule has 1 N–H and O–H groups in total. The van der Waals surface area contributed by atoms with Gasteiger partial charge in [0.05, 0.1) is 18.1 Å². The van der Waals surface area contributed by atoms with Crippen molar-refractivity contribution in [2.75, 3.05) is 12.4 Å². The molecule has 3 rings (SSSR count). The van der Waals surface area contributed by atoms with Crippen molar-refractivity contribution < 1.29 is 4.74 Å². The van der Waals surface area contributed by atoms with Crippen LogP contribution < -0.4 is 10.1 Å². The lowest BCUT2D eigenvalue weighted by Gasteiger charge is -2.11. The van der Waals surface area contributed by atoms with Gasteiger partial charge in [0.15, 0.2) is 0 Å². The number of benzene rings is 2. The highest BCUT2D eigenvalue weighted by Gasteiger charge is 2.10. The summed E-state index contributed by atoms with van der Waals surface area (Å²) in [6.45, 7) is 3.16. The van der Waals surface area contributed by atoms with Gasteiger partial charge >= 0.3 is 0 Å². The molecule has 3 aromatic rings. The molecule has 4 nitrogen and oxygen atoms in total. The van der Waals surface area contributed by atoms with Crippen LogP contribution in [0.15, 0.2) is 48.5 Å². The van der Waals surface area contributed by atoms with Gasteiger partial charge in [-0.05, 0) is 30.7 Å². The van der Waals surface area contributed by atoms with Gasteiger partial charge in [-0.1, -0.05) is 31.5 Å². The predicted octanol–water partition coefficient (Wildman–Crippen LogP) is 4.59. The van der Waals surface area contributed by atoms with Crippen LogP contribution in [0.25, 0.3) is 11.0 Å². The maximum atomic E-state index is 5.28. The molecule has 0 unspecified atom stereocenters. The molecule has 0 bridgehead atoms. The summed E-state index contributed by atoms with van der Waals surface area (Å²) < 4.78 is 7.53. The molecule has 22 heavy (non-hydrogen) atoms. The van der Waals surface area contributed by atoms with Crippen molar-refractivity contribution >= 4 is 22.7 Å². The smallest absolute Gasteiger partial charge is 0.208 e. The largest absolute Gasteiger partial charge is 0.497 e. The maximum Gasteiger partial charge on any atom is 0.208 e. The van der Waals surface area contributed by atoms with Gasteiger partial charge in [0.2, 0.25) is 5.95 Å². The third-order valence-electron chi connectivity index (χ3n) is 3.72. The Labute approximate surface area is 130 Å². The zero-order valence-corrected chi connectivity index (χ0v) is 13.0. The number of imidazole rings is 1. The van der Waals surface area contributed by atoms with E-state index in [1.54, 1.807) is 7.11 Å². The SMILES string of the molecule is CCCCn1c(Nc2cccc(OC)c2)nc2ccccc21. The first-order valence-electron chi connectivity index (χ1n) is 7.68. The third-order valence-corrected chi connectivity index (χ3v) is 3.72. The van der Waals surface area contributed by atoms with Crippen molar-refractivity contribution in [3.63, 3.8) is 0 Å². The Morgan fingerprint density at radius 3 is 2.82 bits per heavy atom. The van der Waals surface area contributed by atoms with E-state index in [0.29, 0.717) is 0 Å². The molecule has 0 amide bonds. The number of unbranched alkanes of at least 4 members (excludes halogenated alkanes) is 1. The fourth-order valence-electron chi connectivity index (χ4n) is 2.54. The van der Waals surface area contributed by atoms with Crippen LogP contribution in [-0.4, -0.2) is 16.7 Å². The molecule has 0 aliphatic carbocycles. The van der Waals surface area contributed by atoms with Gasteiger partial charge in [-0.15, -0.1) is 0 Å². The second kappa shape index (κ2) is 6.52. The highest BCUT2D eigenvalue weighted by molar-refractivity contribution is 5.79. The Bertz CT molecular complexity index is 764. The van der Waals surface area contributed by atoms with Gasteiger partial charge in [-0.2, -0.15) is 0 Å². The van der Waals surface area contributed by atoms with Crippen molar-refractivity contribution in [2.45, 2.75) is 26.3 Å². The quantitative estimate of drug-likeness (QED) is 0.723. The number of nitrogens with zero attached hydrogens (tertiary/aromatic N) is 2. The number of methoxy groups -OCH3 is 1. The van der Waals surface area contributed by atoms with E-state index in [4.69, 9.17) is 9.72 Å². The summed E-state index contributed by atoms with van der Waals surface area (Å²) in [7, 11) is 1.68. The number of para-hydroxylation sites is 2. The number of hydrogen-bond donors (Lipinski definition) is 1. The van der Waals surface area contributed by atoms with Gasteiger partial charge in [-0.3, -0.25) is 0 Å². The minimum Gasteiger partial charge on any atom is -0.497 e. The first-order chi connectivity index (χ1) is 10.8. The maximum absolute atomic E-state index is 5.28. The zero-order chi connectivity index (χ0) is 15.4. The second-order valence-electron chi connectivity index (χ2n) is 5.29. The van der Waals surface area contributed by atoms with Crippen LogP contribution in [0.2, 0.25) is 0 Å². The van der Waals surface area contributed by atoms with E-state index in [2.05, 4.69) is 35.0 Å². The molecule has 0 aliphatic heterocycles. The normalized spacial score (nSPS) is 10.8. The first kappa shape index (κ1) is 14.4. The van der Waals surface area contributed by atoms with E-state index >= 15 is 0 Å². The lowest BCUT2D eigenvalue weighted by molar-refractivity contribution is 0.415. The predicted molar refractivity (Wildman–Crippen MR) is 90.9 cm³/mol. The summed E-state index contributed by atoms with van der Waals surface area (Å²) in [5.41, 5.74) is 3.16. The van der Waals surface area contributed by atoms with E-state index in [1.807, 2.05) is 30.3 Å². The minimum absolute atomic E-state index is 0.834. The van der Waals surface area contributed by atoms with E-state index < -0.39 is 0 Å². The summed E-state index contributed by atoms with van der Waals surface area (Å²) in [6.07, 6.45) is 2.29. The number of fused-ring (bicyclic) bond motifs is 1. The van der Waals surface area contributed by atoms with Crippen molar-refractivity contribution in [1.29, 1.82) is 0 Å². The number of anilines is 2. The molecule has 0 saturated heterocycles. The van der Waals surface area contributed by atoms with Gasteiger partial charge in [-0.25, -0.2) is 4.98 Å². The average molecular weight is 295 g/mol. The zero-order valence-electron chi connectivity index (χ0n) is 13.0. The van der Waals surface area contributed by atoms with Crippen molar-refractivity contribution in [3.8, 4) is 5.75 Å². The van der Waals surface area contributed by atoms with E-state index in [9.17, 15) is 0 Å². The van der Waals surface area contributed by atoms with Crippen LogP contribution in [-0.2, 0) is 6.54 Å². The van der Waals surface area contributed by atoms with Gasteiger partial charge in [0.25, 0.3) is 0 Å². The summed E-state index contributed by atoms with van der Waals surface area (Å²) >= 11 is 0. The van der Waals surface area contributed by atoms with E-state index in [-0.39, 0.29) is 0 Å². The summed E-state index contributed by atoms with van der Waals surface area (Å²) in [5.74, 6) is 1.71. The van der Waals surface area contributed by atoms with Gasteiger partial charge < -0.3 is 14.6 Å². The number of aryl methyl sites for hydroxylation is 1. The standard InChI is InChI=1S/C18H21N3O/c1-3-4-12-21-17-11-6-5-10-16(17)20-18(21)19-14-8-7-9-15(13-14)22-2/h5-11,13H,3-4,12H2,1-2H3,(H,19,20). The Morgan fingerprint density at radius 2 is 2.00 bits per heavy atom. The van der Waals surface area contributed by atoms with Crippen LogP contribution >= 0.6 is 0 Å². The number of aromatic nitrogens is 2. The summed E-state index contributed by atoms with van der Waals surface area (Å²) in [4.78, 5) is 4.73. The Balaban J connectivity index is 1.97. The number of ether oxygens (including phenoxy) is 1. The summed E-state index contributed by atoms with van der Waals surface area (Å²) in [6, 6.07) is 16.2. The fourth-order valence-corrected chi connectivity index (χ4v) is 2.54. The molecule has 0 fully saturated rings. The average Bonchev–Trinajstić information content (AvgIpc) is 2.90. The van der Waals surface area contributed by atoms with E-state index in [1.165, 1.54) is 5.52 Å². The lowest BCUT2D eigenvalue weighted by Crippen LogP contribution is -2.04. The number of rotatable bonds is 6. The molecule has 1 heterocycles. The number of nitrogens with one attached hydrogen (secondary N) is 1. The lowest BCUT2D eigenvalue weighted by atomic mass is 10.3. The van der Waals surface area contributed by atoms with Crippen LogP contribution in [0.1, 0.15) is 19.8 Å². The Kier molecular flexibility index (Phi) is 4.28. The van der Waals surface area contributed by atoms with Crippen molar-refractivity contribution in [1.82, 2.24) is 9.55 Å². The highest BCUT2D eigenvalue weighted by Crippen LogP contribution is 2.25. The van der Waals surface area contributed by atoms with Gasteiger partial charge in [0.1, 0.15) is 5.75 Å².